The fourth-order valence-corrected chi connectivity index (χ4v) is 4.65. The van der Waals surface area contributed by atoms with Gasteiger partial charge in [0.15, 0.2) is 0 Å². The minimum absolute atomic E-state index is 0.240. The van der Waals surface area contributed by atoms with Crippen molar-refractivity contribution in [1.29, 1.82) is 0 Å². The van der Waals surface area contributed by atoms with E-state index in [1.165, 1.54) is 6.07 Å². The first kappa shape index (κ1) is 23.9. The summed E-state index contributed by atoms with van der Waals surface area (Å²) in [6.45, 7) is 2.86. The summed E-state index contributed by atoms with van der Waals surface area (Å²) in [5.41, 5.74) is 2.93. The maximum absolute atomic E-state index is 13.6. The van der Waals surface area contributed by atoms with E-state index in [0.717, 1.165) is 12.1 Å². The average molecular weight is 483 g/mol. The van der Waals surface area contributed by atoms with E-state index in [1.54, 1.807) is 42.5 Å². The molecule has 0 aliphatic heterocycles. The van der Waals surface area contributed by atoms with Gasteiger partial charge >= 0.3 is 0 Å². The highest BCUT2D eigenvalue weighted by molar-refractivity contribution is 7.86. The number of aliphatic hydroxyl groups excluding tert-OH is 1. The molecule has 0 radical (unpaired) electrons. The molecular formula is C25H26N2O6S. The quantitative estimate of drug-likeness (QED) is 0.270. The number of rotatable bonds is 7. The standard InChI is InChI=1S/C25H26N2O6S/c1-15-4-9-22(34(30,31)32)18(12-15)16-6-8-21-19(13-16)24(29)23-20(26-10-11-27(2)3)7-5-17(14-28)25(23)33-21/h4-9,12-13,26,28H,10-11,14H2,1-3H3,(H,30,31,32). The molecule has 4 rings (SSSR count). The zero-order valence-corrected chi connectivity index (χ0v) is 19.9. The van der Waals surface area contributed by atoms with Crippen molar-refractivity contribution in [2.45, 2.75) is 18.4 Å². The van der Waals surface area contributed by atoms with Gasteiger partial charge in [-0.1, -0.05) is 29.8 Å². The van der Waals surface area contributed by atoms with Crippen molar-refractivity contribution in [3.8, 4) is 11.1 Å². The summed E-state index contributed by atoms with van der Waals surface area (Å²) in [6, 6.07) is 12.8. The third-order valence-corrected chi connectivity index (χ3v) is 6.58. The molecule has 9 heteroatoms. The van der Waals surface area contributed by atoms with Crippen LogP contribution in [0, 0.1) is 6.92 Å². The van der Waals surface area contributed by atoms with Crippen molar-refractivity contribution in [3.63, 3.8) is 0 Å². The zero-order valence-electron chi connectivity index (χ0n) is 19.1. The van der Waals surface area contributed by atoms with Crippen molar-refractivity contribution in [2.75, 3.05) is 32.5 Å². The van der Waals surface area contributed by atoms with Crippen LogP contribution in [-0.2, 0) is 16.7 Å². The highest BCUT2D eigenvalue weighted by Gasteiger charge is 2.19. The van der Waals surface area contributed by atoms with Gasteiger partial charge in [0, 0.05) is 29.9 Å². The molecule has 3 aromatic carbocycles. The number of fused-ring (bicyclic) bond motifs is 2. The lowest BCUT2D eigenvalue weighted by Gasteiger charge is -2.15. The number of anilines is 1. The number of hydrogen-bond donors (Lipinski definition) is 3. The smallest absolute Gasteiger partial charge is 0.295 e. The summed E-state index contributed by atoms with van der Waals surface area (Å²) in [5.74, 6) is 0. The molecule has 0 aliphatic rings. The van der Waals surface area contributed by atoms with E-state index in [9.17, 15) is 22.9 Å². The summed E-state index contributed by atoms with van der Waals surface area (Å²) in [4.78, 5) is 15.4. The third kappa shape index (κ3) is 4.55. The third-order valence-electron chi connectivity index (χ3n) is 5.67. The Morgan fingerprint density at radius 3 is 2.50 bits per heavy atom. The van der Waals surface area contributed by atoms with Gasteiger partial charge in [-0.2, -0.15) is 8.42 Å². The van der Waals surface area contributed by atoms with E-state index in [-0.39, 0.29) is 27.9 Å². The second-order valence-corrected chi connectivity index (χ2v) is 9.87. The molecule has 8 nitrogen and oxygen atoms in total. The summed E-state index contributed by atoms with van der Waals surface area (Å²) in [6.07, 6.45) is 0. The van der Waals surface area contributed by atoms with Crippen LogP contribution in [0.4, 0.5) is 5.69 Å². The van der Waals surface area contributed by atoms with Gasteiger partial charge in [0.05, 0.1) is 17.4 Å². The Morgan fingerprint density at radius 1 is 1.06 bits per heavy atom. The molecule has 0 amide bonds. The number of benzene rings is 3. The predicted octanol–water partition coefficient (Wildman–Crippen LogP) is 3.63. The second-order valence-electron chi connectivity index (χ2n) is 8.48. The minimum atomic E-state index is -4.47. The van der Waals surface area contributed by atoms with Crippen molar-refractivity contribution in [3.05, 3.63) is 69.9 Å². The lowest BCUT2D eigenvalue weighted by molar-refractivity contribution is 0.282. The SMILES string of the molecule is Cc1ccc(S(=O)(=O)O)c(-c2ccc3oc4c(CO)ccc(NCCN(C)C)c4c(=O)c3c2)c1. The molecule has 0 unspecified atom stereocenters. The van der Waals surface area contributed by atoms with Crippen LogP contribution in [0.15, 0.2) is 62.6 Å². The van der Waals surface area contributed by atoms with Crippen LogP contribution >= 0.6 is 0 Å². The molecule has 4 aromatic rings. The molecule has 0 fully saturated rings. The van der Waals surface area contributed by atoms with E-state index in [2.05, 4.69) is 5.32 Å². The first-order chi connectivity index (χ1) is 16.1. The molecule has 0 aliphatic carbocycles. The highest BCUT2D eigenvalue weighted by atomic mass is 32.2. The van der Waals surface area contributed by atoms with Crippen LogP contribution in [0.25, 0.3) is 33.1 Å². The number of aliphatic hydroxyl groups is 1. The number of likely N-dealkylation sites (N-methyl/N-ethyl adjacent to an activating group) is 1. The number of hydrogen-bond acceptors (Lipinski definition) is 7. The van der Waals surface area contributed by atoms with E-state index in [1.807, 2.05) is 25.9 Å². The predicted molar refractivity (Wildman–Crippen MR) is 133 cm³/mol. The van der Waals surface area contributed by atoms with Crippen LogP contribution in [0.5, 0.6) is 0 Å². The Balaban J connectivity index is 1.97. The molecule has 0 saturated carbocycles. The van der Waals surface area contributed by atoms with Gasteiger partial charge in [-0.15, -0.1) is 0 Å². The maximum atomic E-state index is 13.6. The molecule has 3 N–H and O–H groups in total. The summed E-state index contributed by atoms with van der Waals surface area (Å²) in [7, 11) is -0.576. The minimum Gasteiger partial charge on any atom is -0.455 e. The Hall–Kier alpha value is -3.24. The van der Waals surface area contributed by atoms with Gasteiger partial charge in [-0.25, -0.2) is 0 Å². The van der Waals surface area contributed by atoms with Crippen LogP contribution < -0.4 is 10.7 Å². The number of aryl methyl sites for hydroxylation is 1. The molecule has 0 spiro atoms. The van der Waals surface area contributed by atoms with Crippen molar-refractivity contribution < 1.29 is 22.5 Å². The molecule has 0 atom stereocenters. The molecule has 1 aromatic heterocycles. The Kier molecular flexibility index (Phi) is 6.46. The van der Waals surface area contributed by atoms with E-state index >= 15 is 0 Å². The van der Waals surface area contributed by atoms with E-state index in [4.69, 9.17) is 4.42 Å². The topological polar surface area (TPSA) is 120 Å². The summed E-state index contributed by atoms with van der Waals surface area (Å²) < 4.78 is 39.6. The van der Waals surface area contributed by atoms with Crippen molar-refractivity contribution in [2.24, 2.45) is 0 Å². The van der Waals surface area contributed by atoms with Gasteiger partial charge in [0.2, 0.25) is 5.43 Å². The van der Waals surface area contributed by atoms with Crippen LogP contribution in [0.3, 0.4) is 0 Å². The van der Waals surface area contributed by atoms with Gasteiger partial charge in [0.25, 0.3) is 10.1 Å². The van der Waals surface area contributed by atoms with Crippen LogP contribution in [0.2, 0.25) is 0 Å². The fourth-order valence-electron chi connectivity index (χ4n) is 3.96. The van der Waals surface area contributed by atoms with Gasteiger partial charge < -0.3 is 19.7 Å². The van der Waals surface area contributed by atoms with Gasteiger partial charge in [-0.05, 0) is 50.8 Å². The summed E-state index contributed by atoms with van der Waals surface area (Å²) >= 11 is 0. The molecular weight excluding hydrogens is 456 g/mol. The molecule has 1 heterocycles. The maximum Gasteiger partial charge on any atom is 0.295 e. The second kappa shape index (κ2) is 9.19. The van der Waals surface area contributed by atoms with Crippen LogP contribution in [-0.4, -0.2) is 50.2 Å². The Bertz CT molecular complexity index is 1560. The fraction of sp³-hybridized carbons (Fsp3) is 0.240. The summed E-state index contributed by atoms with van der Waals surface area (Å²) in [5, 5.41) is 13.6. The Labute approximate surface area is 197 Å². The van der Waals surface area contributed by atoms with E-state index < -0.39 is 10.1 Å². The average Bonchev–Trinajstić information content (AvgIpc) is 2.78. The lowest BCUT2D eigenvalue weighted by atomic mass is 10.00. The zero-order chi connectivity index (χ0) is 24.6. The van der Waals surface area contributed by atoms with Gasteiger partial charge in [0.1, 0.15) is 16.1 Å². The molecule has 178 valence electrons. The van der Waals surface area contributed by atoms with Crippen molar-refractivity contribution in [1.82, 2.24) is 4.90 Å². The number of nitrogens with one attached hydrogen (secondary N) is 1. The molecule has 34 heavy (non-hydrogen) atoms. The van der Waals surface area contributed by atoms with Crippen LogP contribution in [0.1, 0.15) is 11.1 Å². The molecule has 0 bridgehead atoms. The largest absolute Gasteiger partial charge is 0.455 e. The van der Waals surface area contributed by atoms with E-state index in [0.29, 0.717) is 39.9 Å². The Morgan fingerprint density at radius 2 is 1.82 bits per heavy atom. The molecule has 0 saturated heterocycles. The normalized spacial score (nSPS) is 12.1. The highest BCUT2D eigenvalue weighted by Crippen LogP contribution is 2.33. The first-order valence-corrected chi connectivity index (χ1v) is 12.1. The lowest BCUT2D eigenvalue weighted by Crippen LogP contribution is -2.21. The first-order valence-electron chi connectivity index (χ1n) is 10.7. The van der Waals surface area contributed by atoms with Gasteiger partial charge in [-0.3, -0.25) is 9.35 Å². The van der Waals surface area contributed by atoms with Crippen molar-refractivity contribution >= 4 is 37.7 Å². The monoisotopic (exact) mass is 482 g/mol. The number of nitrogens with zero attached hydrogens (tertiary/aromatic N) is 1.